The predicted octanol–water partition coefficient (Wildman–Crippen LogP) is 3.69. The Hall–Kier alpha value is -1.07. The average molecular weight is 335 g/mol. The lowest BCUT2D eigenvalue weighted by atomic mass is 10.2. The molecule has 4 nitrogen and oxygen atoms in total. The van der Waals surface area contributed by atoms with Crippen LogP contribution in [0.25, 0.3) is 0 Å². The molecule has 0 aliphatic rings. The van der Waals surface area contributed by atoms with Crippen LogP contribution in [0.15, 0.2) is 22.7 Å². The molecule has 0 saturated carbocycles. The molecule has 1 amide bonds. The number of carbonyl (C=O) groups is 2. The van der Waals surface area contributed by atoms with Gasteiger partial charge in [-0.2, -0.15) is 0 Å². The van der Waals surface area contributed by atoms with Gasteiger partial charge in [0.15, 0.2) is 0 Å². The van der Waals surface area contributed by atoms with Gasteiger partial charge < -0.3 is 10.4 Å². The van der Waals surface area contributed by atoms with E-state index in [1.807, 2.05) is 0 Å². The van der Waals surface area contributed by atoms with Crippen LogP contribution in [-0.4, -0.2) is 17.0 Å². The third-order valence-electron chi connectivity index (χ3n) is 2.25. The number of benzene rings is 1. The van der Waals surface area contributed by atoms with E-state index in [0.717, 1.165) is 0 Å². The second kappa shape index (κ2) is 7.38. The Bertz CT molecular complexity index is 451. The molecule has 0 aliphatic carbocycles. The first-order valence-corrected chi connectivity index (χ1v) is 6.63. The normalized spacial score (nSPS) is 10.1. The van der Waals surface area contributed by atoms with Crippen molar-refractivity contribution in [1.29, 1.82) is 0 Å². The molecule has 0 bridgehead atoms. The van der Waals surface area contributed by atoms with Crippen molar-refractivity contribution < 1.29 is 14.7 Å². The lowest BCUT2D eigenvalue weighted by Crippen LogP contribution is -2.11. The Morgan fingerprint density at radius 1 is 1.28 bits per heavy atom. The molecule has 0 fully saturated rings. The molecular weight excluding hydrogens is 321 g/mol. The molecule has 0 radical (unpaired) electrons. The molecule has 6 heteroatoms. The van der Waals surface area contributed by atoms with Crippen LogP contribution < -0.4 is 5.32 Å². The number of amides is 1. The Morgan fingerprint density at radius 3 is 2.56 bits per heavy atom. The van der Waals surface area contributed by atoms with E-state index in [0.29, 0.717) is 34.4 Å². The van der Waals surface area contributed by atoms with Crippen LogP contribution in [0, 0.1) is 0 Å². The molecule has 1 aromatic rings. The number of carbonyl (C=O) groups excluding carboxylic acids is 1. The van der Waals surface area contributed by atoms with E-state index in [9.17, 15) is 9.59 Å². The molecule has 0 heterocycles. The number of halogens is 2. The molecule has 0 aromatic heterocycles. The van der Waals surface area contributed by atoms with E-state index in [2.05, 4.69) is 21.2 Å². The molecule has 98 valence electrons. The maximum atomic E-state index is 11.6. The van der Waals surface area contributed by atoms with E-state index < -0.39 is 5.97 Å². The first-order chi connectivity index (χ1) is 8.49. The monoisotopic (exact) mass is 333 g/mol. The molecular formula is C12H13BrClNO3. The minimum Gasteiger partial charge on any atom is -0.481 e. The van der Waals surface area contributed by atoms with Gasteiger partial charge in [-0.15, -0.1) is 0 Å². The van der Waals surface area contributed by atoms with E-state index in [4.69, 9.17) is 16.7 Å². The number of rotatable bonds is 6. The van der Waals surface area contributed by atoms with Crippen molar-refractivity contribution in [2.24, 2.45) is 0 Å². The second-order valence-electron chi connectivity index (χ2n) is 3.77. The number of unbranched alkanes of at least 4 members (excludes halogenated alkanes) is 1. The van der Waals surface area contributed by atoms with Gasteiger partial charge >= 0.3 is 5.97 Å². The fourth-order valence-electron chi connectivity index (χ4n) is 1.37. The van der Waals surface area contributed by atoms with Gasteiger partial charge in [0, 0.05) is 22.3 Å². The Balaban J connectivity index is 2.38. The third kappa shape index (κ3) is 5.51. The van der Waals surface area contributed by atoms with Crippen molar-refractivity contribution in [2.45, 2.75) is 25.7 Å². The summed E-state index contributed by atoms with van der Waals surface area (Å²) in [6, 6.07) is 5.09. The fraction of sp³-hybridized carbons (Fsp3) is 0.333. The summed E-state index contributed by atoms with van der Waals surface area (Å²) in [5.41, 5.74) is 0.655. The minimum atomic E-state index is -0.837. The number of aliphatic carboxylic acids is 1. The van der Waals surface area contributed by atoms with E-state index in [1.54, 1.807) is 18.2 Å². The van der Waals surface area contributed by atoms with Crippen molar-refractivity contribution in [3.63, 3.8) is 0 Å². The van der Waals surface area contributed by atoms with Gasteiger partial charge in [-0.25, -0.2) is 0 Å². The largest absolute Gasteiger partial charge is 0.481 e. The Kier molecular flexibility index (Phi) is 6.15. The first-order valence-electron chi connectivity index (χ1n) is 5.45. The molecule has 0 aliphatic heterocycles. The summed E-state index contributed by atoms with van der Waals surface area (Å²) in [6.45, 7) is 0. The average Bonchev–Trinajstić information content (AvgIpc) is 2.28. The minimum absolute atomic E-state index is 0.0952. The maximum absolute atomic E-state index is 11.6. The summed E-state index contributed by atoms with van der Waals surface area (Å²) in [5, 5.41) is 11.8. The quantitative estimate of drug-likeness (QED) is 0.780. The summed E-state index contributed by atoms with van der Waals surface area (Å²) in [7, 11) is 0. The highest BCUT2D eigenvalue weighted by Gasteiger charge is 2.06. The van der Waals surface area contributed by atoms with Crippen LogP contribution in [0.2, 0.25) is 5.02 Å². The van der Waals surface area contributed by atoms with Gasteiger partial charge in [-0.3, -0.25) is 9.59 Å². The summed E-state index contributed by atoms with van der Waals surface area (Å²) < 4.78 is 0.717. The molecule has 0 saturated heterocycles. The lowest BCUT2D eigenvalue weighted by Gasteiger charge is -2.07. The van der Waals surface area contributed by atoms with Crippen LogP contribution in [0.4, 0.5) is 5.69 Å². The summed E-state index contributed by atoms with van der Waals surface area (Å²) in [5.74, 6) is -0.973. The highest BCUT2D eigenvalue weighted by atomic mass is 79.9. The zero-order valence-electron chi connectivity index (χ0n) is 9.58. The van der Waals surface area contributed by atoms with Gasteiger partial charge in [0.2, 0.25) is 5.91 Å². The topological polar surface area (TPSA) is 66.4 Å². The van der Waals surface area contributed by atoms with Crippen LogP contribution in [0.1, 0.15) is 25.7 Å². The second-order valence-corrected chi connectivity index (χ2v) is 5.06. The van der Waals surface area contributed by atoms with Crippen molar-refractivity contribution in [3.05, 3.63) is 27.7 Å². The molecule has 18 heavy (non-hydrogen) atoms. The summed E-state index contributed by atoms with van der Waals surface area (Å²) in [6.07, 6.45) is 1.47. The highest BCUT2D eigenvalue weighted by molar-refractivity contribution is 9.10. The molecule has 1 rings (SSSR count). The zero-order valence-corrected chi connectivity index (χ0v) is 11.9. The first kappa shape index (κ1) is 15.0. The molecule has 0 spiro atoms. The molecule has 2 N–H and O–H groups in total. The number of hydrogen-bond donors (Lipinski definition) is 2. The smallest absolute Gasteiger partial charge is 0.303 e. The number of carboxylic acids is 1. The van der Waals surface area contributed by atoms with Gasteiger partial charge in [0.1, 0.15) is 0 Å². The molecule has 0 atom stereocenters. The SMILES string of the molecule is O=C(O)CCCCC(=O)Nc1ccc(Cl)cc1Br. The fourth-order valence-corrected chi connectivity index (χ4v) is 2.15. The Labute approximate surface area is 118 Å². The zero-order chi connectivity index (χ0) is 13.5. The van der Waals surface area contributed by atoms with Gasteiger partial charge in [-0.1, -0.05) is 11.6 Å². The number of nitrogens with one attached hydrogen (secondary N) is 1. The lowest BCUT2D eigenvalue weighted by molar-refractivity contribution is -0.137. The van der Waals surface area contributed by atoms with Crippen molar-refractivity contribution >= 4 is 45.1 Å². The van der Waals surface area contributed by atoms with Crippen molar-refractivity contribution in [1.82, 2.24) is 0 Å². The van der Waals surface area contributed by atoms with Gasteiger partial charge in [0.05, 0.1) is 5.69 Å². The Morgan fingerprint density at radius 2 is 1.94 bits per heavy atom. The third-order valence-corrected chi connectivity index (χ3v) is 3.14. The number of carboxylic acid groups (broad SMARTS) is 1. The van der Waals surface area contributed by atoms with Crippen LogP contribution >= 0.6 is 27.5 Å². The molecule has 1 aromatic carbocycles. The number of anilines is 1. The standard InChI is InChI=1S/C12H13BrClNO3/c13-9-7-8(14)5-6-10(9)15-11(16)3-1-2-4-12(17)18/h5-7H,1-4H2,(H,15,16)(H,17,18). The van der Waals surface area contributed by atoms with Crippen LogP contribution in [0.3, 0.4) is 0 Å². The number of hydrogen-bond acceptors (Lipinski definition) is 2. The molecule has 0 unspecified atom stereocenters. The predicted molar refractivity (Wildman–Crippen MR) is 73.9 cm³/mol. The highest BCUT2D eigenvalue weighted by Crippen LogP contribution is 2.26. The van der Waals surface area contributed by atoms with E-state index >= 15 is 0 Å². The van der Waals surface area contributed by atoms with E-state index in [-0.39, 0.29) is 12.3 Å². The van der Waals surface area contributed by atoms with E-state index in [1.165, 1.54) is 0 Å². The maximum Gasteiger partial charge on any atom is 0.303 e. The summed E-state index contributed by atoms with van der Waals surface area (Å²) >= 11 is 9.09. The van der Waals surface area contributed by atoms with Crippen molar-refractivity contribution in [2.75, 3.05) is 5.32 Å². The van der Waals surface area contributed by atoms with Crippen LogP contribution in [-0.2, 0) is 9.59 Å². The van der Waals surface area contributed by atoms with Gasteiger partial charge in [0.25, 0.3) is 0 Å². The van der Waals surface area contributed by atoms with Crippen LogP contribution in [0.5, 0.6) is 0 Å². The summed E-state index contributed by atoms with van der Waals surface area (Å²) in [4.78, 5) is 21.9. The van der Waals surface area contributed by atoms with Gasteiger partial charge in [-0.05, 0) is 47.0 Å². The van der Waals surface area contributed by atoms with Crippen molar-refractivity contribution in [3.8, 4) is 0 Å².